The van der Waals surface area contributed by atoms with Gasteiger partial charge in [0.25, 0.3) is 21.9 Å². The van der Waals surface area contributed by atoms with Crippen LogP contribution >= 0.6 is 0 Å². The summed E-state index contributed by atoms with van der Waals surface area (Å²) in [7, 11) is -9.49. The second kappa shape index (κ2) is 20.7. The Kier molecular flexibility index (Phi) is 14.3. The summed E-state index contributed by atoms with van der Waals surface area (Å²) in [4.78, 5) is 30.6. The highest BCUT2D eigenvalue weighted by molar-refractivity contribution is 7.89. The molecule has 15 heteroatoms. The maximum atomic E-state index is 14.5. The smallest absolute Gasteiger partial charge is 0.295 e. The summed E-state index contributed by atoms with van der Waals surface area (Å²) < 4.78 is 78.4. The SMILES string of the molecule is CCN(CC)c1ccc2c(-c3ccc(S(=O)(=O)NC4CCCN(C(=O)c5ccc(NC(=O)c6ccccc6-c6ccccc6)cc5)c5ccccc54)cc3S(=O)(=O)O)c3ccc(=[N+](CC)CC)cc-3oc2c1. The Hall–Kier alpha value is -7.43. The molecule has 1 aliphatic carbocycles. The molecular weight excluding hydrogens is 947 g/mol. The van der Waals surface area contributed by atoms with Crippen LogP contribution in [0.25, 0.3) is 44.5 Å². The van der Waals surface area contributed by atoms with Crippen molar-refractivity contribution in [2.45, 2.75) is 56.4 Å². The van der Waals surface area contributed by atoms with Crippen molar-refractivity contribution < 1.29 is 35.4 Å². The fraction of sp³-hybridized carbons (Fsp3) is 0.211. The molecule has 0 fully saturated rings. The number of sulfonamides is 1. The molecule has 9 rings (SSSR count). The maximum Gasteiger partial charge on any atom is 0.295 e. The van der Waals surface area contributed by atoms with E-state index in [9.17, 15) is 31.0 Å². The molecule has 2 amide bonds. The molecule has 3 N–H and O–H groups in total. The lowest BCUT2D eigenvalue weighted by Crippen LogP contribution is -2.32. The minimum atomic E-state index is -5.03. The summed E-state index contributed by atoms with van der Waals surface area (Å²) in [6.45, 7) is 11.5. The van der Waals surface area contributed by atoms with Crippen molar-refractivity contribution in [3.05, 3.63) is 180 Å². The van der Waals surface area contributed by atoms with Gasteiger partial charge in [-0.25, -0.2) is 17.7 Å². The zero-order chi connectivity index (χ0) is 50.7. The van der Waals surface area contributed by atoms with Crippen LogP contribution in [0.5, 0.6) is 0 Å². The first-order valence-electron chi connectivity index (χ1n) is 24.2. The predicted molar refractivity (Wildman–Crippen MR) is 285 cm³/mol. The molecule has 2 heterocycles. The third kappa shape index (κ3) is 9.93. The van der Waals surface area contributed by atoms with Gasteiger partial charge in [0, 0.05) is 88.1 Å². The second-order valence-electron chi connectivity index (χ2n) is 17.6. The number of rotatable bonds is 14. The number of nitrogens with zero attached hydrogens (tertiary/aromatic N) is 3. The molecule has 6 aromatic rings. The van der Waals surface area contributed by atoms with Gasteiger partial charge < -0.3 is 19.5 Å². The second-order valence-corrected chi connectivity index (χ2v) is 20.7. The van der Waals surface area contributed by atoms with Gasteiger partial charge in [-0.2, -0.15) is 8.42 Å². The van der Waals surface area contributed by atoms with Crippen molar-refractivity contribution in [1.29, 1.82) is 0 Å². The first-order valence-corrected chi connectivity index (χ1v) is 27.1. The van der Waals surface area contributed by atoms with E-state index in [4.69, 9.17) is 4.42 Å². The number of nitrogens with one attached hydrogen (secondary N) is 2. The van der Waals surface area contributed by atoms with E-state index in [2.05, 4.69) is 47.2 Å². The van der Waals surface area contributed by atoms with Crippen molar-refractivity contribution in [2.24, 2.45) is 0 Å². The van der Waals surface area contributed by atoms with Crippen LogP contribution in [0, 0.1) is 0 Å². The van der Waals surface area contributed by atoms with Gasteiger partial charge in [-0.3, -0.25) is 14.1 Å². The molecule has 368 valence electrons. The van der Waals surface area contributed by atoms with Gasteiger partial charge >= 0.3 is 0 Å². The third-order valence-corrected chi connectivity index (χ3v) is 15.8. The zero-order valence-corrected chi connectivity index (χ0v) is 42.1. The molecule has 72 heavy (non-hydrogen) atoms. The Morgan fingerprint density at radius 2 is 1.43 bits per heavy atom. The molecule has 0 radical (unpaired) electrons. The van der Waals surface area contributed by atoms with Gasteiger partial charge in [0.1, 0.15) is 29.3 Å². The van der Waals surface area contributed by atoms with E-state index >= 15 is 0 Å². The number of anilines is 3. The number of carbonyl (C=O) groups excluding carboxylic acids is 2. The molecule has 6 aromatic carbocycles. The number of hydrogen-bond donors (Lipinski definition) is 3. The lowest BCUT2D eigenvalue weighted by molar-refractivity contribution is 0.0985. The van der Waals surface area contributed by atoms with Crippen LogP contribution in [0.1, 0.15) is 72.9 Å². The standard InChI is InChI=1S/C57H55N5O8S2/c1-5-60(6-2)41-28-31-47-52(35-41)70-53-36-42(61(7-3)8-4)29-32-48(53)55(47)49-33-30-43(37-54(49)72(67,68)69)71(65,66)59-50-22-16-34-62(51-23-15-14-21-46(50)51)57(64)39-24-26-40(27-25-39)58-56(63)45-20-13-12-19-44(45)38-17-10-9-11-18-38/h9-15,17-21,23-33,35-37,50,59H,5-8,16,22,34H2,1-4H3,(H-,58,63,64,67,68,69)/p+1. The summed E-state index contributed by atoms with van der Waals surface area (Å²) in [5.74, 6) is -0.119. The van der Waals surface area contributed by atoms with Crippen molar-refractivity contribution in [2.75, 3.05) is 47.8 Å². The van der Waals surface area contributed by atoms with Gasteiger partial charge in [-0.1, -0.05) is 72.8 Å². The number of para-hydroxylation sites is 1. The van der Waals surface area contributed by atoms with E-state index in [1.165, 1.54) is 12.1 Å². The Morgan fingerprint density at radius 1 is 0.736 bits per heavy atom. The average Bonchev–Trinajstić information content (AvgIpc) is 3.57. The maximum absolute atomic E-state index is 14.5. The summed E-state index contributed by atoms with van der Waals surface area (Å²) in [6.07, 6.45) is 0.734. The molecule has 2 aliphatic heterocycles. The molecule has 0 saturated heterocycles. The molecule has 13 nitrogen and oxygen atoms in total. The average molecular weight is 1000 g/mol. The number of amides is 2. The number of hydrogen-bond acceptors (Lipinski definition) is 8. The van der Waals surface area contributed by atoms with Crippen LogP contribution in [0.4, 0.5) is 17.1 Å². The van der Waals surface area contributed by atoms with Crippen LogP contribution < -0.4 is 29.8 Å². The fourth-order valence-corrected chi connectivity index (χ4v) is 11.8. The van der Waals surface area contributed by atoms with E-state index in [0.717, 1.165) is 54.4 Å². The molecule has 0 bridgehead atoms. The van der Waals surface area contributed by atoms with Crippen molar-refractivity contribution in [3.8, 4) is 33.6 Å². The van der Waals surface area contributed by atoms with Gasteiger partial charge in [0.15, 0.2) is 0 Å². The van der Waals surface area contributed by atoms with E-state index in [-0.39, 0.29) is 28.8 Å². The highest BCUT2D eigenvalue weighted by Gasteiger charge is 2.32. The summed E-state index contributed by atoms with van der Waals surface area (Å²) in [5.41, 5.74) is 6.68. The van der Waals surface area contributed by atoms with Crippen LogP contribution in [-0.2, 0) is 20.1 Å². The first kappa shape index (κ1) is 49.5. The van der Waals surface area contributed by atoms with Gasteiger partial charge in [-0.15, -0.1) is 0 Å². The zero-order valence-electron chi connectivity index (χ0n) is 40.5. The van der Waals surface area contributed by atoms with Crippen molar-refractivity contribution >= 4 is 60.0 Å². The predicted octanol–water partition coefficient (Wildman–Crippen LogP) is 10.5. The lowest BCUT2D eigenvalue weighted by atomic mass is 9.93. The Bertz CT molecular complexity index is 3610. The van der Waals surface area contributed by atoms with Crippen LogP contribution in [0.3, 0.4) is 0 Å². The minimum Gasteiger partial charge on any atom is -0.456 e. The van der Waals surface area contributed by atoms with Crippen molar-refractivity contribution in [1.82, 2.24) is 9.30 Å². The quantitative estimate of drug-likeness (QED) is 0.0545. The van der Waals surface area contributed by atoms with Gasteiger partial charge in [0.05, 0.1) is 11.0 Å². The molecule has 1 unspecified atom stereocenters. The molecule has 0 saturated carbocycles. The molecule has 0 spiro atoms. The number of carbonyl (C=O) groups is 2. The highest BCUT2D eigenvalue weighted by Crippen LogP contribution is 2.44. The first-order chi connectivity index (χ1) is 34.7. The molecule has 3 aliphatic rings. The minimum absolute atomic E-state index is 0.103. The number of benzene rings is 7. The van der Waals surface area contributed by atoms with E-state index < -0.39 is 31.1 Å². The number of fused-ring (bicyclic) bond motifs is 3. The summed E-state index contributed by atoms with van der Waals surface area (Å²) in [5, 5.41) is 4.44. The van der Waals surface area contributed by atoms with E-state index in [1.54, 1.807) is 59.5 Å². The third-order valence-electron chi connectivity index (χ3n) is 13.4. The summed E-state index contributed by atoms with van der Waals surface area (Å²) >= 11 is 0. The topological polar surface area (TPSA) is 169 Å². The van der Waals surface area contributed by atoms with E-state index in [1.807, 2.05) is 84.9 Å². The molecular formula is C57H56N5O8S2+. The molecule has 0 aromatic heterocycles. The molecule has 1 atom stereocenters. The normalized spacial score (nSPS) is 13.9. The van der Waals surface area contributed by atoms with Crippen LogP contribution in [0.2, 0.25) is 0 Å². The van der Waals surface area contributed by atoms with Gasteiger partial charge in [0.2, 0.25) is 15.4 Å². The van der Waals surface area contributed by atoms with E-state index in [0.29, 0.717) is 68.8 Å². The van der Waals surface area contributed by atoms with Crippen LogP contribution in [0.15, 0.2) is 172 Å². The lowest BCUT2D eigenvalue weighted by Gasteiger charge is -2.25. The highest BCUT2D eigenvalue weighted by atomic mass is 32.2. The Morgan fingerprint density at radius 3 is 2.15 bits per heavy atom. The van der Waals surface area contributed by atoms with Crippen LogP contribution in [-0.4, -0.2) is 65.9 Å². The Labute approximate surface area is 420 Å². The Balaban J connectivity index is 1.01. The monoisotopic (exact) mass is 1000 g/mol. The van der Waals surface area contributed by atoms with Gasteiger partial charge in [-0.05, 0) is 124 Å². The largest absolute Gasteiger partial charge is 0.456 e. The summed E-state index contributed by atoms with van der Waals surface area (Å²) in [6, 6.07) is 45.1. The fourth-order valence-electron chi connectivity index (χ4n) is 9.77. The van der Waals surface area contributed by atoms with Crippen molar-refractivity contribution in [3.63, 3.8) is 0 Å².